The van der Waals surface area contributed by atoms with Crippen LogP contribution >= 0.6 is 0 Å². The molecule has 2 N–H and O–H groups in total. The Morgan fingerprint density at radius 1 is 1.35 bits per heavy atom. The lowest BCUT2D eigenvalue weighted by Gasteiger charge is -2.12. The highest BCUT2D eigenvalue weighted by Gasteiger charge is 2.15. The van der Waals surface area contributed by atoms with Gasteiger partial charge in [-0.05, 0) is 45.0 Å². The van der Waals surface area contributed by atoms with Gasteiger partial charge in [0.2, 0.25) is 0 Å². The number of hydrogen-bond acceptors (Lipinski definition) is 3. The third-order valence-electron chi connectivity index (χ3n) is 2.38. The van der Waals surface area contributed by atoms with Crippen LogP contribution in [0.15, 0.2) is 24.3 Å². The van der Waals surface area contributed by atoms with E-state index in [1.54, 1.807) is 7.05 Å². The number of rotatable bonds is 6. The summed E-state index contributed by atoms with van der Waals surface area (Å²) in [5, 5.41) is 11.7. The average Bonchev–Trinajstić information content (AvgIpc) is 2.26. The maximum atomic E-state index is 10.9. The van der Waals surface area contributed by atoms with Crippen molar-refractivity contribution in [3.63, 3.8) is 0 Å². The number of benzene rings is 1. The van der Waals surface area contributed by atoms with Gasteiger partial charge >= 0.3 is 5.97 Å². The molecule has 1 rings (SSSR count). The summed E-state index contributed by atoms with van der Waals surface area (Å²) in [6.45, 7) is 3.94. The van der Waals surface area contributed by atoms with Crippen molar-refractivity contribution in [2.24, 2.45) is 0 Å². The van der Waals surface area contributed by atoms with E-state index in [0.29, 0.717) is 6.42 Å². The number of nitrogens with one attached hydrogen (secondary N) is 1. The molecule has 0 saturated carbocycles. The van der Waals surface area contributed by atoms with E-state index in [4.69, 9.17) is 9.84 Å². The highest BCUT2D eigenvalue weighted by molar-refractivity contribution is 5.73. The summed E-state index contributed by atoms with van der Waals surface area (Å²) in [5.41, 5.74) is 0.975. The van der Waals surface area contributed by atoms with Gasteiger partial charge in [-0.25, -0.2) is 0 Å². The minimum atomic E-state index is -0.838. The first kappa shape index (κ1) is 13.5. The maximum absolute atomic E-state index is 10.9. The molecule has 0 aromatic heterocycles. The van der Waals surface area contributed by atoms with E-state index in [0.717, 1.165) is 11.3 Å². The molecule has 1 atom stereocenters. The molecule has 4 nitrogen and oxygen atoms in total. The highest BCUT2D eigenvalue weighted by atomic mass is 16.5. The number of carboxylic acids is 1. The molecule has 1 aromatic carbocycles. The Hall–Kier alpha value is -1.55. The monoisotopic (exact) mass is 237 g/mol. The first-order valence-corrected chi connectivity index (χ1v) is 5.68. The first-order chi connectivity index (χ1) is 8.02. The molecule has 0 spiro atoms. The quantitative estimate of drug-likeness (QED) is 0.790. The van der Waals surface area contributed by atoms with Gasteiger partial charge in [0.1, 0.15) is 11.8 Å². The SMILES string of the molecule is CN[C@@H](Cc1ccc(OC(C)C)cc1)C(=O)O. The fourth-order valence-corrected chi connectivity index (χ4v) is 1.52. The normalized spacial score (nSPS) is 12.5. The molecule has 0 heterocycles. The second kappa shape index (κ2) is 6.25. The molecule has 94 valence electrons. The van der Waals surface area contributed by atoms with Crippen LogP contribution in [0.25, 0.3) is 0 Å². The van der Waals surface area contributed by atoms with E-state index in [9.17, 15) is 4.79 Å². The predicted octanol–water partition coefficient (Wildman–Crippen LogP) is 1.69. The molecule has 0 aliphatic heterocycles. The average molecular weight is 237 g/mol. The predicted molar refractivity (Wildman–Crippen MR) is 66.4 cm³/mol. The van der Waals surface area contributed by atoms with Crippen molar-refractivity contribution < 1.29 is 14.6 Å². The molecule has 0 aliphatic rings. The van der Waals surface area contributed by atoms with Gasteiger partial charge in [0, 0.05) is 0 Å². The lowest BCUT2D eigenvalue weighted by Crippen LogP contribution is -2.35. The van der Waals surface area contributed by atoms with E-state index in [2.05, 4.69) is 5.32 Å². The standard InChI is InChI=1S/C13H19NO3/c1-9(2)17-11-6-4-10(5-7-11)8-12(14-3)13(15)16/h4-7,9,12,14H,8H2,1-3H3,(H,15,16)/t12-/m0/s1. The number of ether oxygens (including phenoxy) is 1. The van der Waals surface area contributed by atoms with Crippen molar-refractivity contribution in [3.05, 3.63) is 29.8 Å². The zero-order valence-corrected chi connectivity index (χ0v) is 10.4. The van der Waals surface area contributed by atoms with Gasteiger partial charge in [-0.3, -0.25) is 4.79 Å². The summed E-state index contributed by atoms with van der Waals surface area (Å²) >= 11 is 0. The highest BCUT2D eigenvalue weighted by Crippen LogP contribution is 2.14. The van der Waals surface area contributed by atoms with E-state index in [1.165, 1.54) is 0 Å². The van der Waals surface area contributed by atoms with Crippen LogP contribution < -0.4 is 10.1 Å². The molecule has 0 saturated heterocycles. The zero-order chi connectivity index (χ0) is 12.8. The largest absolute Gasteiger partial charge is 0.491 e. The number of carboxylic acid groups (broad SMARTS) is 1. The van der Waals surface area contributed by atoms with Gasteiger partial charge < -0.3 is 15.2 Å². The Morgan fingerprint density at radius 2 is 1.94 bits per heavy atom. The summed E-state index contributed by atoms with van der Waals surface area (Å²) in [6, 6.07) is 6.97. The second-order valence-electron chi connectivity index (χ2n) is 4.19. The number of likely N-dealkylation sites (N-methyl/N-ethyl adjacent to an activating group) is 1. The molecule has 17 heavy (non-hydrogen) atoms. The summed E-state index contributed by atoms with van der Waals surface area (Å²) in [4.78, 5) is 10.9. The minimum Gasteiger partial charge on any atom is -0.491 e. The smallest absolute Gasteiger partial charge is 0.321 e. The van der Waals surface area contributed by atoms with Crippen LogP contribution in [0.2, 0.25) is 0 Å². The van der Waals surface area contributed by atoms with Crippen molar-refractivity contribution in [1.82, 2.24) is 5.32 Å². The third kappa shape index (κ3) is 4.44. The van der Waals surface area contributed by atoms with Crippen molar-refractivity contribution >= 4 is 5.97 Å². The Bertz CT molecular complexity index is 359. The summed E-state index contributed by atoms with van der Waals surface area (Å²) in [7, 11) is 1.65. The van der Waals surface area contributed by atoms with Crippen molar-refractivity contribution in [1.29, 1.82) is 0 Å². The lowest BCUT2D eigenvalue weighted by atomic mass is 10.1. The zero-order valence-electron chi connectivity index (χ0n) is 10.4. The van der Waals surface area contributed by atoms with Gasteiger partial charge in [0.25, 0.3) is 0 Å². The Balaban J connectivity index is 2.64. The fourth-order valence-electron chi connectivity index (χ4n) is 1.52. The lowest BCUT2D eigenvalue weighted by molar-refractivity contribution is -0.139. The maximum Gasteiger partial charge on any atom is 0.321 e. The van der Waals surface area contributed by atoms with Crippen LogP contribution in [0.4, 0.5) is 0 Å². The Morgan fingerprint density at radius 3 is 2.35 bits per heavy atom. The number of carbonyl (C=O) groups is 1. The van der Waals surface area contributed by atoms with Gasteiger partial charge in [-0.2, -0.15) is 0 Å². The summed E-state index contributed by atoms with van der Waals surface area (Å²) in [5.74, 6) is -0.0323. The van der Waals surface area contributed by atoms with Gasteiger partial charge in [-0.15, -0.1) is 0 Å². The summed E-state index contributed by atoms with van der Waals surface area (Å²) in [6.07, 6.45) is 0.610. The number of hydrogen-bond donors (Lipinski definition) is 2. The van der Waals surface area contributed by atoms with Crippen LogP contribution in [-0.2, 0) is 11.2 Å². The van der Waals surface area contributed by atoms with E-state index < -0.39 is 12.0 Å². The van der Waals surface area contributed by atoms with Gasteiger partial charge in [0.15, 0.2) is 0 Å². The topological polar surface area (TPSA) is 58.6 Å². The van der Waals surface area contributed by atoms with Crippen LogP contribution in [-0.4, -0.2) is 30.3 Å². The molecular weight excluding hydrogens is 218 g/mol. The van der Waals surface area contributed by atoms with Crippen LogP contribution in [0.3, 0.4) is 0 Å². The molecule has 0 radical (unpaired) electrons. The van der Waals surface area contributed by atoms with Crippen LogP contribution in [0.1, 0.15) is 19.4 Å². The first-order valence-electron chi connectivity index (χ1n) is 5.68. The molecular formula is C13H19NO3. The molecule has 1 aromatic rings. The van der Waals surface area contributed by atoms with E-state index in [1.807, 2.05) is 38.1 Å². The fraction of sp³-hybridized carbons (Fsp3) is 0.462. The summed E-state index contributed by atoms with van der Waals surface area (Å²) < 4.78 is 5.52. The van der Waals surface area contributed by atoms with Gasteiger partial charge in [0.05, 0.1) is 6.10 Å². The molecule has 4 heteroatoms. The van der Waals surface area contributed by atoms with Crippen molar-refractivity contribution in [2.45, 2.75) is 32.4 Å². The Labute approximate surface area is 102 Å². The molecule has 0 fully saturated rings. The van der Waals surface area contributed by atoms with Crippen molar-refractivity contribution in [3.8, 4) is 5.75 Å². The molecule has 0 amide bonds. The molecule has 0 bridgehead atoms. The van der Waals surface area contributed by atoms with Crippen LogP contribution in [0.5, 0.6) is 5.75 Å². The number of aliphatic carboxylic acids is 1. The van der Waals surface area contributed by atoms with E-state index >= 15 is 0 Å². The second-order valence-corrected chi connectivity index (χ2v) is 4.19. The van der Waals surface area contributed by atoms with E-state index in [-0.39, 0.29) is 6.10 Å². The van der Waals surface area contributed by atoms with Crippen molar-refractivity contribution in [2.75, 3.05) is 7.05 Å². The van der Waals surface area contributed by atoms with Gasteiger partial charge in [-0.1, -0.05) is 12.1 Å². The minimum absolute atomic E-state index is 0.143. The molecule has 0 unspecified atom stereocenters. The molecule has 0 aliphatic carbocycles. The third-order valence-corrected chi connectivity index (χ3v) is 2.38. The van der Waals surface area contributed by atoms with Crippen LogP contribution in [0, 0.1) is 0 Å². The Kier molecular flexibility index (Phi) is 4.97.